The SMILES string of the molecule is NC[C@@H](O)[C@H](O)c1cccc(/C=C/C2(O)CCCCC2)c1. The van der Waals surface area contributed by atoms with Gasteiger partial charge in [0, 0.05) is 6.54 Å². The van der Waals surface area contributed by atoms with Crippen molar-refractivity contribution in [2.75, 3.05) is 6.54 Å². The zero-order chi connectivity index (χ0) is 15.3. The number of nitrogens with two attached hydrogens (primary N) is 1. The second-order valence-corrected chi connectivity index (χ2v) is 5.92. The molecule has 0 aromatic heterocycles. The number of hydrogen-bond acceptors (Lipinski definition) is 4. The van der Waals surface area contributed by atoms with Gasteiger partial charge in [0.05, 0.1) is 11.7 Å². The smallest absolute Gasteiger partial charge is 0.106 e. The van der Waals surface area contributed by atoms with Gasteiger partial charge in [0.1, 0.15) is 6.10 Å². The summed E-state index contributed by atoms with van der Waals surface area (Å²) in [6.07, 6.45) is 6.70. The van der Waals surface area contributed by atoms with Gasteiger partial charge in [-0.3, -0.25) is 0 Å². The van der Waals surface area contributed by atoms with Crippen LogP contribution in [0, 0.1) is 0 Å². The van der Waals surface area contributed by atoms with Gasteiger partial charge in [0.15, 0.2) is 0 Å². The molecule has 0 unspecified atom stereocenters. The zero-order valence-corrected chi connectivity index (χ0v) is 12.3. The first-order chi connectivity index (χ1) is 10.0. The second-order valence-electron chi connectivity index (χ2n) is 5.92. The Bertz CT molecular complexity index is 481. The number of aliphatic hydroxyl groups is 3. The molecule has 0 spiro atoms. The van der Waals surface area contributed by atoms with Gasteiger partial charge in [-0.05, 0) is 30.0 Å². The van der Waals surface area contributed by atoms with Crippen molar-refractivity contribution >= 4 is 6.08 Å². The maximum Gasteiger partial charge on any atom is 0.106 e. The Hall–Kier alpha value is -1.20. The molecule has 5 N–H and O–H groups in total. The van der Waals surface area contributed by atoms with Crippen molar-refractivity contribution in [3.05, 3.63) is 41.5 Å². The molecule has 0 amide bonds. The molecule has 2 atom stereocenters. The van der Waals surface area contributed by atoms with E-state index in [9.17, 15) is 15.3 Å². The third-order valence-corrected chi connectivity index (χ3v) is 4.16. The van der Waals surface area contributed by atoms with E-state index in [4.69, 9.17) is 5.73 Å². The number of rotatable bonds is 5. The molecule has 2 rings (SSSR count). The predicted molar refractivity (Wildman–Crippen MR) is 83.5 cm³/mol. The highest BCUT2D eigenvalue weighted by Crippen LogP contribution is 2.30. The quantitative estimate of drug-likeness (QED) is 0.665. The molecule has 0 radical (unpaired) electrons. The van der Waals surface area contributed by atoms with Gasteiger partial charge in [-0.25, -0.2) is 0 Å². The monoisotopic (exact) mass is 291 g/mol. The van der Waals surface area contributed by atoms with Crippen LogP contribution in [0.4, 0.5) is 0 Å². The van der Waals surface area contributed by atoms with Gasteiger partial charge in [-0.2, -0.15) is 0 Å². The van der Waals surface area contributed by atoms with Gasteiger partial charge in [-0.1, -0.05) is 49.6 Å². The summed E-state index contributed by atoms with van der Waals surface area (Å²) in [4.78, 5) is 0. The van der Waals surface area contributed by atoms with Crippen LogP contribution in [0.15, 0.2) is 30.3 Å². The van der Waals surface area contributed by atoms with E-state index in [0.717, 1.165) is 31.2 Å². The summed E-state index contributed by atoms with van der Waals surface area (Å²) in [5.74, 6) is 0. The molecule has 1 fully saturated rings. The van der Waals surface area contributed by atoms with Crippen LogP contribution in [-0.4, -0.2) is 33.6 Å². The van der Waals surface area contributed by atoms with Crippen LogP contribution in [-0.2, 0) is 0 Å². The summed E-state index contributed by atoms with van der Waals surface area (Å²) in [5, 5.41) is 30.0. The third-order valence-electron chi connectivity index (χ3n) is 4.16. The average molecular weight is 291 g/mol. The lowest BCUT2D eigenvalue weighted by Gasteiger charge is -2.28. The lowest BCUT2D eigenvalue weighted by atomic mass is 9.84. The highest BCUT2D eigenvalue weighted by Gasteiger charge is 2.25. The van der Waals surface area contributed by atoms with Crippen molar-refractivity contribution < 1.29 is 15.3 Å². The van der Waals surface area contributed by atoms with E-state index in [1.54, 1.807) is 6.07 Å². The first-order valence-electron chi connectivity index (χ1n) is 7.62. The van der Waals surface area contributed by atoms with Gasteiger partial charge in [0.25, 0.3) is 0 Å². The molecule has 4 heteroatoms. The van der Waals surface area contributed by atoms with E-state index in [2.05, 4.69) is 0 Å². The Balaban J connectivity index is 2.10. The topological polar surface area (TPSA) is 86.7 Å². The minimum absolute atomic E-state index is 0.0149. The molecular formula is C17H25NO3. The van der Waals surface area contributed by atoms with E-state index in [0.29, 0.717) is 5.56 Å². The molecule has 1 aromatic carbocycles. The van der Waals surface area contributed by atoms with E-state index >= 15 is 0 Å². The largest absolute Gasteiger partial charge is 0.389 e. The van der Waals surface area contributed by atoms with Crippen LogP contribution in [0.5, 0.6) is 0 Å². The fourth-order valence-electron chi connectivity index (χ4n) is 2.78. The third kappa shape index (κ3) is 4.38. The first kappa shape index (κ1) is 16.2. The summed E-state index contributed by atoms with van der Waals surface area (Å²) < 4.78 is 0. The van der Waals surface area contributed by atoms with Crippen molar-refractivity contribution in [1.82, 2.24) is 0 Å². The molecule has 116 valence electrons. The van der Waals surface area contributed by atoms with Gasteiger partial charge < -0.3 is 21.1 Å². The van der Waals surface area contributed by atoms with Crippen LogP contribution in [0.3, 0.4) is 0 Å². The second kappa shape index (κ2) is 7.18. The Kier molecular flexibility index (Phi) is 5.53. The van der Waals surface area contributed by atoms with Gasteiger partial charge in [-0.15, -0.1) is 0 Å². The van der Waals surface area contributed by atoms with Crippen molar-refractivity contribution in [2.45, 2.75) is 49.9 Å². The zero-order valence-electron chi connectivity index (χ0n) is 12.3. The molecule has 1 aromatic rings. The minimum atomic E-state index is -0.985. The summed E-state index contributed by atoms with van der Waals surface area (Å²) in [6.45, 7) is 0.0149. The fourth-order valence-corrected chi connectivity index (χ4v) is 2.78. The number of aliphatic hydroxyl groups excluding tert-OH is 2. The normalized spacial score (nSPS) is 21.3. The highest BCUT2D eigenvalue weighted by molar-refractivity contribution is 5.52. The molecular weight excluding hydrogens is 266 g/mol. The highest BCUT2D eigenvalue weighted by atomic mass is 16.3. The van der Waals surface area contributed by atoms with Crippen LogP contribution in [0.1, 0.15) is 49.3 Å². The molecule has 4 nitrogen and oxygen atoms in total. The molecule has 0 heterocycles. The lowest BCUT2D eigenvalue weighted by Crippen LogP contribution is -2.28. The average Bonchev–Trinajstić information content (AvgIpc) is 2.52. The van der Waals surface area contributed by atoms with Crippen LogP contribution in [0.25, 0.3) is 6.08 Å². The fraction of sp³-hybridized carbons (Fsp3) is 0.529. The van der Waals surface area contributed by atoms with Crippen molar-refractivity contribution in [1.29, 1.82) is 0 Å². The van der Waals surface area contributed by atoms with Crippen LogP contribution in [0.2, 0.25) is 0 Å². The molecule has 21 heavy (non-hydrogen) atoms. The van der Waals surface area contributed by atoms with Gasteiger partial charge >= 0.3 is 0 Å². The maximum atomic E-state index is 10.4. The number of benzene rings is 1. The molecule has 1 aliphatic carbocycles. The Morgan fingerprint density at radius 2 is 1.90 bits per heavy atom. The lowest BCUT2D eigenvalue weighted by molar-refractivity contribution is 0.0243. The molecule has 1 saturated carbocycles. The van der Waals surface area contributed by atoms with E-state index in [-0.39, 0.29) is 6.54 Å². The standard InChI is InChI=1S/C17H25NO3/c18-12-15(19)16(20)14-6-4-5-13(11-14)7-10-17(21)8-2-1-3-9-17/h4-7,10-11,15-16,19-21H,1-3,8-9,12,18H2/b10-7+/t15-,16-/m1/s1. The maximum absolute atomic E-state index is 10.4. The van der Waals surface area contributed by atoms with E-state index < -0.39 is 17.8 Å². The Labute approximate surface area is 125 Å². The Morgan fingerprint density at radius 3 is 2.57 bits per heavy atom. The minimum Gasteiger partial charge on any atom is -0.389 e. The molecule has 0 saturated heterocycles. The summed E-state index contributed by atoms with van der Waals surface area (Å²) >= 11 is 0. The van der Waals surface area contributed by atoms with Crippen LogP contribution < -0.4 is 5.73 Å². The van der Waals surface area contributed by atoms with Crippen LogP contribution >= 0.6 is 0 Å². The summed E-state index contributed by atoms with van der Waals surface area (Å²) in [6, 6.07) is 7.31. The van der Waals surface area contributed by atoms with Gasteiger partial charge in [0.2, 0.25) is 0 Å². The molecule has 0 bridgehead atoms. The van der Waals surface area contributed by atoms with E-state index in [1.807, 2.05) is 30.4 Å². The Morgan fingerprint density at radius 1 is 1.19 bits per heavy atom. The van der Waals surface area contributed by atoms with Crippen molar-refractivity contribution in [2.24, 2.45) is 5.73 Å². The van der Waals surface area contributed by atoms with Crippen molar-refractivity contribution in [3.8, 4) is 0 Å². The number of hydrogen-bond donors (Lipinski definition) is 4. The van der Waals surface area contributed by atoms with E-state index in [1.165, 1.54) is 6.42 Å². The van der Waals surface area contributed by atoms with Crippen molar-refractivity contribution in [3.63, 3.8) is 0 Å². The predicted octanol–water partition coefficient (Wildman–Crippen LogP) is 1.75. The molecule has 1 aliphatic rings. The summed E-state index contributed by atoms with van der Waals surface area (Å²) in [7, 11) is 0. The molecule has 0 aliphatic heterocycles. The summed E-state index contributed by atoms with van der Waals surface area (Å²) in [5.41, 5.74) is 6.19. The first-order valence-corrected chi connectivity index (χ1v) is 7.62.